The molecule has 28 heavy (non-hydrogen) atoms. The summed E-state index contributed by atoms with van der Waals surface area (Å²) in [5.41, 5.74) is 0. The first kappa shape index (κ1) is 21.4. The van der Waals surface area contributed by atoms with Gasteiger partial charge in [0.1, 0.15) is 5.75 Å². The molecule has 2 N–H and O–H groups in total. The van der Waals surface area contributed by atoms with Crippen LogP contribution in [0.15, 0.2) is 23.1 Å². The molecular weight excluding hydrogens is 404 g/mol. The number of carbonyl (C=O) groups is 1. The Bertz CT molecular complexity index is 775. The molecule has 0 bridgehead atoms. The van der Waals surface area contributed by atoms with Crippen molar-refractivity contribution in [2.24, 2.45) is 0 Å². The van der Waals surface area contributed by atoms with Crippen LogP contribution in [0.3, 0.4) is 0 Å². The summed E-state index contributed by atoms with van der Waals surface area (Å²) < 4.78 is 38.7. The maximum absolute atomic E-state index is 12.6. The molecule has 1 saturated carbocycles. The number of halogens is 1. The Kier molecular flexibility index (Phi) is 7.56. The molecule has 1 aliphatic heterocycles. The molecule has 2 aliphatic rings. The molecule has 1 amide bonds. The van der Waals surface area contributed by atoms with Crippen LogP contribution in [0, 0.1) is 0 Å². The molecular formula is C19H27ClN2O5S. The van der Waals surface area contributed by atoms with E-state index in [0.29, 0.717) is 6.54 Å². The Morgan fingerprint density at radius 3 is 2.64 bits per heavy atom. The Labute approximate surface area is 171 Å². The van der Waals surface area contributed by atoms with E-state index in [0.717, 1.165) is 51.6 Å². The van der Waals surface area contributed by atoms with Crippen LogP contribution in [0.1, 0.15) is 44.9 Å². The second kappa shape index (κ2) is 9.91. The Hall–Kier alpha value is -1.35. The number of rotatable bonds is 8. The van der Waals surface area contributed by atoms with E-state index in [-0.39, 0.29) is 40.3 Å². The summed E-state index contributed by atoms with van der Waals surface area (Å²) in [6.07, 6.45) is 6.95. The zero-order valence-corrected chi connectivity index (χ0v) is 17.4. The minimum absolute atomic E-state index is 0.0269. The van der Waals surface area contributed by atoms with Crippen molar-refractivity contribution in [3.63, 3.8) is 0 Å². The zero-order chi connectivity index (χ0) is 20.0. The SMILES string of the molecule is O=C(COc1ccc(S(=O)(=O)NC2CCCCC2)cc1Cl)NC[C@@H]1CCCO1. The van der Waals surface area contributed by atoms with Gasteiger partial charge < -0.3 is 14.8 Å². The summed E-state index contributed by atoms with van der Waals surface area (Å²) in [5.74, 6) is -0.00669. The first-order valence-electron chi connectivity index (χ1n) is 9.77. The van der Waals surface area contributed by atoms with Gasteiger partial charge in [-0.15, -0.1) is 0 Å². The van der Waals surface area contributed by atoms with Crippen LogP contribution in [0.4, 0.5) is 0 Å². The van der Waals surface area contributed by atoms with Crippen LogP contribution < -0.4 is 14.8 Å². The third-order valence-corrected chi connectivity index (χ3v) is 6.86. The molecule has 1 aromatic carbocycles. The molecule has 0 radical (unpaired) electrons. The average molecular weight is 431 g/mol. The van der Waals surface area contributed by atoms with E-state index in [1.165, 1.54) is 18.2 Å². The number of carbonyl (C=O) groups excluding carboxylic acids is 1. The number of nitrogens with one attached hydrogen (secondary N) is 2. The molecule has 0 spiro atoms. The lowest BCUT2D eigenvalue weighted by atomic mass is 9.96. The van der Waals surface area contributed by atoms with E-state index >= 15 is 0 Å². The van der Waals surface area contributed by atoms with E-state index in [2.05, 4.69) is 10.0 Å². The molecule has 156 valence electrons. The van der Waals surface area contributed by atoms with Crippen LogP contribution >= 0.6 is 11.6 Å². The number of benzene rings is 1. The average Bonchev–Trinajstić information content (AvgIpc) is 3.19. The van der Waals surface area contributed by atoms with Crippen LogP contribution in [0.25, 0.3) is 0 Å². The molecule has 7 nitrogen and oxygen atoms in total. The number of ether oxygens (including phenoxy) is 2. The van der Waals surface area contributed by atoms with Crippen molar-refractivity contribution in [3.8, 4) is 5.75 Å². The number of hydrogen-bond acceptors (Lipinski definition) is 5. The number of amides is 1. The summed E-state index contributed by atoms with van der Waals surface area (Å²) in [5, 5.41) is 2.91. The zero-order valence-electron chi connectivity index (χ0n) is 15.8. The Morgan fingerprint density at radius 1 is 1.18 bits per heavy atom. The highest BCUT2D eigenvalue weighted by molar-refractivity contribution is 7.89. The van der Waals surface area contributed by atoms with Gasteiger partial charge in [-0.1, -0.05) is 30.9 Å². The molecule has 0 aromatic heterocycles. The van der Waals surface area contributed by atoms with Gasteiger partial charge in [0, 0.05) is 19.2 Å². The third-order valence-electron chi connectivity index (χ3n) is 5.05. The van der Waals surface area contributed by atoms with Crippen molar-refractivity contribution in [1.29, 1.82) is 0 Å². The van der Waals surface area contributed by atoms with Crippen molar-refractivity contribution in [2.45, 2.75) is 62.0 Å². The highest BCUT2D eigenvalue weighted by atomic mass is 35.5. The molecule has 1 saturated heterocycles. The largest absolute Gasteiger partial charge is 0.482 e. The maximum Gasteiger partial charge on any atom is 0.258 e. The monoisotopic (exact) mass is 430 g/mol. The molecule has 1 heterocycles. The maximum atomic E-state index is 12.6. The van der Waals surface area contributed by atoms with Crippen LogP contribution in [-0.4, -0.2) is 46.2 Å². The van der Waals surface area contributed by atoms with Crippen LogP contribution in [0.5, 0.6) is 5.75 Å². The predicted molar refractivity (Wildman–Crippen MR) is 106 cm³/mol. The molecule has 1 aliphatic carbocycles. The molecule has 9 heteroatoms. The highest BCUT2D eigenvalue weighted by Gasteiger charge is 2.23. The minimum Gasteiger partial charge on any atom is -0.482 e. The van der Waals surface area contributed by atoms with Gasteiger partial charge in [0.25, 0.3) is 5.91 Å². The van der Waals surface area contributed by atoms with Gasteiger partial charge in [-0.25, -0.2) is 13.1 Å². The van der Waals surface area contributed by atoms with Crippen molar-refractivity contribution >= 4 is 27.5 Å². The summed E-state index contributed by atoms with van der Waals surface area (Å²) in [4.78, 5) is 12.0. The third kappa shape index (κ3) is 6.07. The summed E-state index contributed by atoms with van der Waals surface area (Å²) in [6.45, 7) is 0.996. The van der Waals surface area contributed by atoms with E-state index in [1.807, 2.05) is 0 Å². The van der Waals surface area contributed by atoms with E-state index in [1.54, 1.807) is 0 Å². The van der Waals surface area contributed by atoms with Gasteiger partial charge in [-0.05, 0) is 43.9 Å². The van der Waals surface area contributed by atoms with Crippen LogP contribution in [0.2, 0.25) is 5.02 Å². The lowest BCUT2D eigenvalue weighted by molar-refractivity contribution is -0.123. The fourth-order valence-electron chi connectivity index (χ4n) is 3.50. The van der Waals surface area contributed by atoms with E-state index < -0.39 is 10.0 Å². The van der Waals surface area contributed by atoms with Gasteiger partial charge >= 0.3 is 0 Å². The summed E-state index contributed by atoms with van der Waals surface area (Å²) in [7, 11) is -3.63. The van der Waals surface area contributed by atoms with E-state index in [4.69, 9.17) is 21.1 Å². The number of sulfonamides is 1. The van der Waals surface area contributed by atoms with E-state index in [9.17, 15) is 13.2 Å². The topological polar surface area (TPSA) is 93.7 Å². The summed E-state index contributed by atoms with van der Waals surface area (Å²) >= 11 is 6.17. The van der Waals surface area contributed by atoms with Gasteiger partial charge in [0.2, 0.25) is 10.0 Å². The Morgan fingerprint density at radius 2 is 1.96 bits per heavy atom. The molecule has 0 unspecified atom stereocenters. The number of hydrogen-bond donors (Lipinski definition) is 2. The predicted octanol–water partition coefficient (Wildman–Crippen LogP) is 2.63. The van der Waals surface area contributed by atoms with Gasteiger partial charge in [0.05, 0.1) is 16.0 Å². The lowest BCUT2D eigenvalue weighted by Crippen LogP contribution is -2.36. The van der Waals surface area contributed by atoms with Gasteiger partial charge in [-0.2, -0.15) is 0 Å². The second-order valence-electron chi connectivity index (χ2n) is 7.28. The normalized spacial score (nSPS) is 20.8. The van der Waals surface area contributed by atoms with Crippen LogP contribution in [-0.2, 0) is 19.6 Å². The quantitative estimate of drug-likeness (QED) is 0.661. The standard InChI is InChI=1S/C19H27ClN2O5S/c20-17-11-16(28(24,25)22-14-5-2-1-3-6-14)8-9-18(17)27-13-19(23)21-12-15-7-4-10-26-15/h8-9,11,14-15,22H,1-7,10,12-13H2,(H,21,23)/t15-/m0/s1. The molecule has 1 aromatic rings. The molecule has 3 rings (SSSR count). The lowest BCUT2D eigenvalue weighted by Gasteiger charge is -2.22. The minimum atomic E-state index is -3.63. The van der Waals surface area contributed by atoms with Crippen molar-refractivity contribution in [1.82, 2.24) is 10.0 Å². The summed E-state index contributed by atoms with van der Waals surface area (Å²) in [6, 6.07) is 4.25. The fraction of sp³-hybridized carbons (Fsp3) is 0.632. The second-order valence-corrected chi connectivity index (χ2v) is 9.40. The first-order chi connectivity index (χ1) is 13.4. The molecule has 1 atom stereocenters. The van der Waals surface area contributed by atoms with Gasteiger partial charge in [0.15, 0.2) is 6.61 Å². The Balaban J connectivity index is 1.52. The first-order valence-corrected chi connectivity index (χ1v) is 11.6. The van der Waals surface area contributed by atoms with Crippen molar-refractivity contribution in [2.75, 3.05) is 19.8 Å². The van der Waals surface area contributed by atoms with Crippen molar-refractivity contribution < 1.29 is 22.7 Å². The molecule has 2 fully saturated rings. The highest BCUT2D eigenvalue weighted by Crippen LogP contribution is 2.28. The van der Waals surface area contributed by atoms with Gasteiger partial charge in [-0.3, -0.25) is 4.79 Å². The fourth-order valence-corrected chi connectivity index (χ4v) is 5.13. The smallest absolute Gasteiger partial charge is 0.258 e. The van der Waals surface area contributed by atoms with Crippen molar-refractivity contribution in [3.05, 3.63) is 23.2 Å².